The number of carbonyl (C=O) groups excluding carboxylic acids is 4. The van der Waals surface area contributed by atoms with Gasteiger partial charge in [-0.3, -0.25) is 37.3 Å². The van der Waals surface area contributed by atoms with Crippen molar-refractivity contribution in [3.8, 4) is 0 Å². The van der Waals surface area contributed by atoms with Crippen LogP contribution in [0.15, 0.2) is 0 Å². The minimum Gasteiger partial charge on any atom is -0.462 e. The van der Waals surface area contributed by atoms with Crippen molar-refractivity contribution in [1.29, 1.82) is 0 Å². The molecule has 0 aromatic carbocycles. The third-order valence-electron chi connectivity index (χ3n) is 15.1. The van der Waals surface area contributed by atoms with Gasteiger partial charge in [0.1, 0.15) is 19.3 Å². The molecule has 0 saturated heterocycles. The Kier molecular flexibility index (Phi) is 55.2. The molecule has 3 unspecified atom stereocenters. The van der Waals surface area contributed by atoms with Gasteiger partial charge in [-0.1, -0.05) is 266 Å². The van der Waals surface area contributed by atoms with E-state index in [1.807, 2.05) is 0 Å². The van der Waals surface area contributed by atoms with Gasteiger partial charge in [0.05, 0.1) is 26.4 Å². The van der Waals surface area contributed by atoms with Gasteiger partial charge in [-0.15, -0.1) is 0 Å². The number of hydrogen-bond donors (Lipinski definition) is 3. The van der Waals surface area contributed by atoms with E-state index in [1.165, 1.54) is 135 Å². The first-order valence-electron chi connectivity index (χ1n) is 33.5. The average molecular weight is 1230 g/mol. The number of aliphatic hydroxyl groups is 1. The Hall–Kier alpha value is -1.94. The summed E-state index contributed by atoms with van der Waals surface area (Å²) < 4.78 is 68.0. The van der Waals surface area contributed by atoms with Crippen LogP contribution in [0.3, 0.4) is 0 Å². The molecule has 0 aromatic rings. The van der Waals surface area contributed by atoms with Crippen molar-refractivity contribution < 1.29 is 80.2 Å². The van der Waals surface area contributed by atoms with Crippen LogP contribution in [0.2, 0.25) is 0 Å². The van der Waals surface area contributed by atoms with Crippen LogP contribution in [0, 0.1) is 11.8 Å². The van der Waals surface area contributed by atoms with Crippen molar-refractivity contribution >= 4 is 39.5 Å². The Morgan fingerprint density at radius 2 is 0.614 bits per heavy atom. The molecule has 83 heavy (non-hydrogen) atoms. The number of phosphoric ester groups is 2. The van der Waals surface area contributed by atoms with Crippen LogP contribution < -0.4 is 0 Å². The van der Waals surface area contributed by atoms with Gasteiger partial charge in [-0.2, -0.15) is 0 Å². The second-order valence-corrected chi connectivity index (χ2v) is 26.8. The fourth-order valence-corrected chi connectivity index (χ4v) is 11.1. The molecule has 0 bridgehead atoms. The first-order valence-corrected chi connectivity index (χ1v) is 36.5. The number of unbranched alkanes of at least 4 members (excludes halogenated alkanes) is 32. The number of phosphoric acid groups is 2. The van der Waals surface area contributed by atoms with E-state index in [-0.39, 0.29) is 25.7 Å². The van der Waals surface area contributed by atoms with Gasteiger partial charge < -0.3 is 33.8 Å². The topological polar surface area (TPSA) is 237 Å². The number of carbonyl (C=O) groups is 4. The highest BCUT2D eigenvalue weighted by molar-refractivity contribution is 7.47. The van der Waals surface area contributed by atoms with Crippen LogP contribution in [-0.4, -0.2) is 96.7 Å². The average Bonchev–Trinajstić information content (AvgIpc) is 3.46. The fraction of sp³-hybridized carbons (Fsp3) is 0.938. The summed E-state index contributed by atoms with van der Waals surface area (Å²) in [6.07, 6.45) is 38.9. The van der Waals surface area contributed by atoms with Crippen molar-refractivity contribution in [2.24, 2.45) is 11.8 Å². The summed E-state index contributed by atoms with van der Waals surface area (Å²) in [6.45, 7) is 9.41. The lowest BCUT2D eigenvalue weighted by Gasteiger charge is -2.21. The van der Waals surface area contributed by atoms with E-state index in [2.05, 4.69) is 41.5 Å². The molecule has 0 rings (SSSR count). The molecule has 0 fully saturated rings. The van der Waals surface area contributed by atoms with Crippen molar-refractivity contribution in [3.63, 3.8) is 0 Å². The monoisotopic (exact) mass is 1230 g/mol. The molecule has 0 aliphatic heterocycles. The molecule has 492 valence electrons. The fourth-order valence-electron chi connectivity index (χ4n) is 9.50. The summed E-state index contributed by atoms with van der Waals surface area (Å²) >= 11 is 0. The minimum atomic E-state index is -4.94. The Labute approximate surface area is 505 Å². The second-order valence-electron chi connectivity index (χ2n) is 23.9. The molecule has 6 atom stereocenters. The van der Waals surface area contributed by atoms with Crippen molar-refractivity contribution in [3.05, 3.63) is 0 Å². The number of rotatable bonds is 63. The predicted octanol–water partition coefficient (Wildman–Crippen LogP) is 17.7. The third-order valence-corrected chi connectivity index (χ3v) is 17.0. The molecule has 0 radical (unpaired) electrons. The first-order chi connectivity index (χ1) is 39.9. The van der Waals surface area contributed by atoms with Gasteiger partial charge in [0.25, 0.3) is 0 Å². The Morgan fingerprint density at radius 1 is 0.349 bits per heavy atom. The second kappa shape index (κ2) is 56.6. The Bertz CT molecular complexity index is 1630. The molecule has 0 aliphatic rings. The SMILES string of the molecule is CCCCCCCCCCCCCC(=O)OC[C@H](COP(=O)(O)OC[C@@H](O)COP(=O)(O)OC[C@@H](COC(=O)CCCCCCCCCCCC)OC(=O)CCCCCCCCC(C)CC)OC(=O)CCCCCCCCCCCC(C)C. The minimum absolute atomic E-state index is 0.103. The standard InChI is InChI=1S/C64H124O17P2/c1-7-10-12-14-16-18-20-24-28-35-41-47-62(67)74-52-59(80-63(68)48-42-36-29-25-21-22-26-32-38-44-56(4)5)54-78-82(70,71)76-50-58(65)51-77-83(72,73)79-55-60(81-64(69)49-43-37-31-30-33-39-45-57(6)9-3)53-75-61(66)46-40-34-27-23-19-17-15-13-11-8-2/h56-60,65H,7-55H2,1-6H3,(H,70,71)(H,72,73)/t57?,58-,59-,60-/m1/s1. The van der Waals surface area contributed by atoms with Crippen LogP contribution >= 0.6 is 15.6 Å². The zero-order valence-electron chi connectivity index (χ0n) is 53.5. The lowest BCUT2D eigenvalue weighted by atomic mass is 10.00. The summed E-state index contributed by atoms with van der Waals surface area (Å²) in [7, 11) is -9.89. The Balaban J connectivity index is 5.25. The highest BCUT2D eigenvalue weighted by atomic mass is 31.2. The lowest BCUT2D eigenvalue weighted by molar-refractivity contribution is -0.161. The van der Waals surface area contributed by atoms with Crippen molar-refractivity contribution in [2.45, 2.75) is 336 Å². The molecule has 3 N–H and O–H groups in total. The zero-order chi connectivity index (χ0) is 61.5. The van der Waals surface area contributed by atoms with E-state index in [9.17, 15) is 43.2 Å². The summed E-state index contributed by atoms with van der Waals surface area (Å²) in [5.74, 6) is -0.679. The van der Waals surface area contributed by atoms with Gasteiger partial charge in [0.15, 0.2) is 12.2 Å². The highest BCUT2D eigenvalue weighted by Crippen LogP contribution is 2.45. The number of esters is 4. The lowest BCUT2D eigenvalue weighted by Crippen LogP contribution is -2.30. The predicted molar refractivity (Wildman–Crippen MR) is 331 cm³/mol. The smallest absolute Gasteiger partial charge is 0.462 e. The third kappa shape index (κ3) is 57.6. The van der Waals surface area contributed by atoms with Crippen LogP contribution in [0.4, 0.5) is 0 Å². The molecule has 0 aromatic heterocycles. The van der Waals surface area contributed by atoms with Crippen molar-refractivity contribution in [1.82, 2.24) is 0 Å². The van der Waals surface area contributed by atoms with Crippen LogP contribution in [0.25, 0.3) is 0 Å². The maximum atomic E-state index is 13.0. The molecule has 0 aliphatic carbocycles. The molecule has 0 spiro atoms. The number of hydrogen-bond acceptors (Lipinski definition) is 15. The maximum Gasteiger partial charge on any atom is 0.472 e. The van der Waals surface area contributed by atoms with Crippen LogP contribution in [0.5, 0.6) is 0 Å². The summed E-state index contributed by atoms with van der Waals surface area (Å²) in [5, 5.41) is 10.5. The van der Waals surface area contributed by atoms with Gasteiger partial charge in [0, 0.05) is 25.7 Å². The molecule has 17 nitrogen and oxygen atoms in total. The normalized spacial score (nSPS) is 14.6. The van der Waals surface area contributed by atoms with E-state index in [0.29, 0.717) is 25.7 Å². The van der Waals surface area contributed by atoms with Gasteiger partial charge in [-0.25, -0.2) is 9.13 Å². The molecule has 0 amide bonds. The molecular formula is C64H124O17P2. The van der Waals surface area contributed by atoms with Crippen molar-refractivity contribution in [2.75, 3.05) is 39.6 Å². The number of ether oxygens (including phenoxy) is 4. The number of aliphatic hydroxyl groups excluding tert-OH is 1. The van der Waals surface area contributed by atoms with Crippen LogP contribution in [-0.2, 0) is 65.4 Å². The highest BCUT2D eigenvalue weighted by Gasteiger charge is 2.30. The summed E-state index contributed by atoms with van der Waals surface area (Å²) in [5.41, 5.74) is 0. The summed E-state index contributed by atoms with van der Waals surface area (Å²) in [4.78, 5) is 72.2. The zero-order valence-corrected chi connectivity index (χ0v) is 55.3. The first kappa shape index (κ1) is 81.1. The van der Waals surface area contributed by atoms with E-state index in [4.69, 9.17) is 37.0 Å². The van der Waals surface area contributed by atoms with Gasteiger partial charge >= 0.3 is 39.5 Å². The quantitative estimate of drug-likeness (QED) is 0.0222. The Morgan fingerprint density at radius 3 is 0.916 bits per heavy atom. The molecule has 19 heteroatoms. The molecule has 0 saturated carbocycles. The van der Waals surface area contributed by atoms with Gasteiger partial charge in [-0.05, 0) is 37.5 Å². The molecular weight excluding hydrogens is 1100 g/mol. The van der Waals surface area contributed by atoms with Gasteiger partial charge in [0.2, 0.25) is 0 Å². The maximum absolute atomic E-state index is 13.0. The molecule has 0 heterocycles. The largest absolute Gasteiger partial charge is 0.472 e. The van der Waals surface area contributed by atoms with E-state index in [0.717, 1.165) is 102 Å². The van der Waals surface area contributed by atoms with E-state index < -0.39 is 97.5 Å². The van der Waals surface area contributed by atoms with Crippen LogP contribution in [0.1, 0.15) is 318 Å². The van der Waals surface area contributed by atoms with E-state index in [1.54, 1.807) is 0 Å². The van der Waals surface area contributed by atoms with E-state index >= 15 is 0 Å². The summed E-state index contributed by atoms with van der Waals surface area (Å²) in [6, 6.07) is 0.